The topological polar surface area (TPSA) is 47.3 Å². The van der Waals surface area contributed by atoms with Gasteiger partial charge in [0.05, 0.1) is 12.1 Å². The number of nitrogens with one attached hydrogen (secondary N) is 1. The van der Waals surface area contributed by atoms with Crippen LogP contribution in [0, 0.1) is 12.8 Å². The maximum absolute atomic E-state index is 6.08. The molecule has 108 valence electrons. The van der Waals surface area contributed by atoms with E-state index in [1.165, 1.54) is 42.5 Å². The first-order valence-electron chi connectivity index (χ1n) is 7.39. The Morgan fingerprint density at radius 3 is 2.68 bits per heavy atom. The minimum absolute atomic E-state index is 0.120. The van der Waals surface area contributed by atoms with Crippen molar-refractivity contribution in [2.75, 3.05) is 6.61 Å². The van der Waals surface area contributed by atoms with Gasteiger partial charge in [0.15, 0.2) is 0 Å². The van der Waals surface area contributed by atoms with E-state index >= 15 is 0 Å². The molecule has 0 saturated heterocycles. The Labute approximate surface area is 120 Å². The van der Waals surface area contributed by atoms with Crippen molar-refractivity contribution in [3.63, 3.8) is 0 Å². The first-order chi connectivity index (χ1) is 9.27. The average Bonchev–Trinajstić information content (AvgIpc) is 2.86. The largest absolute Gasteiger partial charge is 0.376 e. The molecule has 1 aliphatic rings. The zero-order chi connectivity index (χ0) is 13.7. The lowest BCUT2D eigenvalue weighted by Gasteiger charge is -2.35. The van der Waals surface area contributed by atoms with E-state index in [2.05, 4.69) is 30.7 Å². The fraction of sp³-hybridized carbons (Fsp3) is 0.733. The van der Waals surface area contributed by atoms with Crippen LogP contribution < -0.4 is 11.3 Å². The second-order valence-corrected chi connectivity index (χ2v) is 6.51. The normalized spacial score (nSPS) is 20.4. The third-order valence-electron chi connectivity index (χ3n) is 4.22. The van der Waals surface area contributed by atoms with Gasteiger partial charge < -0.3 is 4.74 Å². The molecule has 3 nitrogen and oxygen atoms in total. The van der Waals surface area contributed by atoms with Crippen molar-refractivity contribution in [2.24, 2.45) is 11.8 Å². The summed E-state index contributed by atoms with van der Waals surface area (Å²) in [4.78, 5) is 1.34. The number of aryl methyl sites for hydroxylation is 1. The molecule has 0 aliphatic heterocycles. The van der Waals surface area contributed by atoms with E-state index in [0.29, 0.717) is 5.92 Å². The number of hydrazine groups is 1. The van der Waals surface area contributed by atoms with Crippen LogP contribution in [0.3, 0.4) is 0 Å². The van der Waals surface area contributed by atoms with E-state index < -0.39 is 0 Å². The number of nitrogens with two attached hydrogens (primary N) is 1. The molecule has 1 fully saturated rings. The highest BCUT2D eigenvalue weighted by atomic mass is 32.1. The molecule has 1 aromatic rings. The summed E-state index contributed by atoms with van der Waals surface area (Å²) in [7, 11) is 0. The third-order valence-corrected chi connectivity index (χ3v) is 5.08. The lowest BCUT2D eigenvalue weighted by atomic mass is 9.81. The minimum Gasteiger partial charge on any atom is -0.376 e. The summed E-state index contributed by atoms with van der Waals surface area (Å²) in [5.74, 6) is 6.48. The zero-order valence-electron chi connectivity index (χ0n) is 12.0. The lowest BCUT2D eigenvalue weighted by molar-refractivity contribution is -0.0184. The predicted octanol–water partition coefficient (Wildman–Crippen LogP) is 3.55. The van der Waals surface area contributed by atoms with Crippen LogP contribution in [0.5, 0.6) is 0 Å². The van der Waals surface area contributed by atoms with Crippen LogP contribution in [0.1, 0.15) is 55.5 Å². The van der Waals surface area contributed by atoms with Crippen LogP contribution >= 0.6 is 11.3 Å². The summed E-state index contributed by atoms with van der Waals surface area (Å²) in [6.45, 7) is 4.99. The standard InChI is InChI=1S/C15H26N2OS/c1-3-18-15(12-7-5-4-6-8-12)14(17-16)13-9-10-19-11(13)2/h9-10,12,14-15,17H,3-8,16H2,1-2H3. The van der Waals surface area contributed by atoms with Gasteiger partial charge in [0.25, 0.3) is 0 Å². The van der Waals surface area contributed by atoms with Gasteiger partial charge in [0.2, 0.25) is 0 Å². The van der Waals surface area contributed by atoms with Crippen molar-refractivity contribution in [2.45, 2.75) is 58.1 Å². The molecule has 19 heavy (non-hydrogen) atoms. The Morgan fingerprint density at radius 1 is 1.42 bits per heavy atom. The van der Waals surface area contributed by atoms with Gasteiger partial charge in [-0.1, -0.05) is 19.3 Å². The highest BCUT2D eigenvalue weighted by molar-refractivity contribution is 7.10. The van der Waals surface area contributed by atoms with Gasteiger partial charge in [-0.15, -0.1) is 11.3 Å². The predicted molar refractivity (Wildman–Crippen MR) is 81.1 cm³/mol. The molecule has 2 atom stereocenters. The summed E-state index contributed by atoms with van der Waals surface area (Å²) in [5, 5.41) is 2.14. The molecule has 0 aromatic carbocycles. The van der Waals surface area contributed by atoms with Gasteiger partial charge in [-0.05, 0) is 49.6 Å². The van der Waals surface area contributed by atoms with E-state index in [1.54, 1.807) is 11.3 Å². The van der Waals surface area contributed by atoms with Gasteiger partial charge in [0, 0.05) is 11.5 Å². The van der Waals surface area contributed by atoms with Crippen molar-refractivity contribution in [1.82, 2.24) is 5.43 Å². The fourth-order valence-corrected chi connectivity index (χ4v) is 3.99. The number of hydrogen-bond donors (Lipinski definition) is 2. The summed E-state index contributed by atoms with van der Waals surface area (Å²) in [6.07, 6.45) is 6.76. The van der Waals surface area contributed by atoms with Gasteiger partial charge in [0.1, 0.15) is 0 Å². The van der Waals surface area contributed by atoms with Crippen molar-refractivity contribution in [3.8, 4) is 0 Å². The highest BCUT2D eigenvalue weighted by Crippen LogP contribution is 2.35. The minimum atomic E-state index is 0.120. The summed E-state index contributed by atoms with van der Waals surface area (Å²) in [6, 6.07) is 2.30. The molecule has 0 amide bonds. The van der Waals surface area contributed by atoms with Crippen LogP contribution in [0.15, 0.2) is 11.4 Å². The molecule has 0 radical (unpaired) electrons. The number of rotatable bonds is 6. The van der Waals surface area contributed by atoms with E-state index in [1.807, 2.05) is 0 Å². The van der Waals surface area contributed by atoms with Crippen molar-refractivity contribution < 1.29 is 4.74 Å². The van der Waals surface area contributed by atoms with Crippen LogP contribution in [0.2, 0.25) is 0 Å². The summed E-state index contributed by atoms with van der Waals surface area (Å²) < 4.78 is 6.08. The first-order valence-corrected chi connectivity index (χ1v) is 8.27. The van der Waals surface area contributed by atoms with Crippen molar-refractivity contribution >= 4 is 11.3 Å². The van der Waals surface area contributed by atoms with Crippen molar-refractivity contribution in [3.05, 3.63) is 21.9 Å². The van der Waals surface area contributed by atoms with Gasteiger partial charge in [-0.2, -0.15) is 0 Å². The van der Waals surface area contributed by atoms with E-state index in [0.717, 1.165) is 6.61 Å². The first kappa shape index (κ1) is 15.0. The maximum atomic E-state index is 6.08. The average molecular weight is 282 g/mol. The molecular weight excluding hydrogens is 256 g/mol. The SMILES string of the molecule is CCOC(C1CCCCC1)C(NN)c1ccsc1C. The molecule has 1 aromatic heterocycles. The maximum Gasteiger partial charge on any atom is 0.0811 e. The van der Waals surface area contributed by atoms with E-state index in [4.69, 9.17) is 10.6 Å². The van der Waals surface area contributed by atoms with Gasteiger partial charge >= 0.3 is 0 Å². The van der Waals surface area contributed by atoms with E-state index in [9.17, 15) is 0 Å². The molecule has 0 spiro atoms. The van der Waals surface area contributed by atoms with E-state index in [-0.39, 0.29) is 12.1 Å². The van der Waals surface area contributed by atoms with Crippen molar-refractivity contribution in [1.29, 1.82) is 0 Å². The second kappa shape index (κ2) is 7.39. The summed E-state index contributed by atoms with van der Waals surface area (Å²) in [5.41, 5.74) is 4.31. The van der Waals surface area contributed by atoms with Gasteiger partial charge in [-0.25, -0.2) is 0 Å². The zero-order valence-corrected chi connectivity index (χ0v) is 12.8. The summed E-state index contributed by atoms with van der Waals surface area (Å²) >= 11 is 1.78. The molecular formula is C15H26N2OS. The van der Waals surface area contributed by atoms with Crippen LogP contribution in [0.25, 0.3) is 0 Å². The van der Waals surface area contributed by atoms with Crippen LogP contribution in [-0.2, 0) is 4.74 Å². The molecule has 4 heteroatoms. The molecule has 3 N–H and O–H groups in total. The Morgan fingerprint density at radius 2 is 2.16 bits per heavy atom. The Kier molecular flexibility index (Phi) is 5.82. The Balaban J connectivity index is 2.17. The van der Waals surface area contributed by atoms with Gasteiger partial charge in [-0.3, -0.25) is 11.3 Å². The Hall–Kier alpha value is -0.420. The monoisotopic (exact) mass is 282 g/mol. The lowest BCUT2D eigenvalue weighted by Crippen LogP contribution is -2.42. The molecule has 0 bridgehead atoms. The molecule has 1 saturated carbocycles. The Bertz CT molecular complexity index is 374. The van der Waals surface area contributed by atoms with Crippen LogP contribution in [0.4, 0.5) is 0 Å². The number of hydrogen-bond acceptors (Lipinski definition) is 4. The quantitative estimate of drug-likeness (QED) is 0.619. The van der Waals surface area contributed by atoms with Crippen LogP contribution in [-0.4, -0.2) is 12.7 Å². The smallest absolute Gasteiger partial charge is 0.0811 e. The fourth-order valence-electron chi connectivity index (χ4n) is 3.24. The third kappa shape index (κ3) is 3.57. The molecule has 2 rings (SSSR count). The molecule has 2 unspecified atom stereocenters. The number of ether oxygens (including phenoxy) is 1. The molecule has 1 heterocycles. The number of thiophene rings is 1. The second-order valence-electron chi connectivity index (χ2n) is 5.39. The molecule has 1 aliphatic carbocycles. The highest BCUT2D eigenvalue weighted by Gasteiger charge is 2.32.